The second kappa shape index (κ2) is 41.2. The fourth-order valence-corrected chi connectivity index (χ4v) is 5.04. The number of allylic oxidation sites excluding steroid dienone is 7. The molecular weight excluding hydrogens is 721 g/mol. The van der Waals surface area contributed by atoms with Crippen LogP contribution >= 0.6 is 35.3 Å². The Balaban J connectivity index is -0.000000330. The minimum absolute atomic E-state index is 0.112. The van der Waals surface area contributed by atoms with Crippen molar-refractivity contribution in [2.24, 2.45) is 0 Å². The highest BCUT2D eigenvalue weighted by atomic mass is 32.2. The molecule has 2 heterocycles. The monoisotopic (exact) mass is 788 g/mol. The number of hydrogen-bond donors (Lipinski definition) is 0. The smallest absolute Gasteiger partial charge is 0.149 e. The third kappa shape index (κ3) is 31.7. The number of rotatable bonds is 20. The van der Waals surface area contributed by atoms with Gasteiger partial charge >= 0.3 is 0 Å². The summed E-state index contributed by atoms with van der Waals surface area (Å²) in [6, 6.07) is 7.35. The van der Waals surface area contributed by atoms with Gasteiger partial charge in [0.25, 0.3) is 0 Å². The number of thioether (sulfide) groups is 3. The first-order valence-electron chi connectivity index (χ1n) is 17.5. The molecular formula is C43H68N2O5S3. The molecule has 7 nitrogen and oxygen atoms in total. The fourth-order valence-electron chi connectivity index (χ4n) is 3.22. The Hall–Kier alpha value is -3.57. The van der Waals surface area contributed by atoms with Gasteiger partial charge in [0.1, 0.15) is 23.1 Å². The Labute approximate surface area is 336 Å². The van der Waals surface area contributed by atoms with Crippen molar-refractivity contribution < 1.29 is 23.2 Å². The van der Waals surface area contributed by atoms with Crippen LogP contribution in [0.25, 0.3) is 11.4 Å². The Kier molecular flexibility index (Phi) is 43.7. The number of nitrogens with zero attached hydrogens (tertiary/aromatic N) is 2. The maximum absolute atomic E-state index is 11.1. The molecule has 2 aromatic heterocycles. The third-order valence-corrected chi connectivity index (χ3v) is 8.41. The number of Topliss-reactive ketones (excluding diaryl/α,β-unsaturated/α-hetero) is 2. The van der Waals surface area contributed by atoms with Gasteiger partial charge in [-0.05, 0) is 65.1 Å². The molecule has 0 aliphatic heterocycles. The summed E-state index contributed by atoms with van der Waals surface area (Å²) in [5.74, 6) is 3.44. The number of ether oxygens (including phenoxy) is 1. The van der Waals surface area contributed by atoms with E-state index in [1.54, 1.807) is 57.4 Å². The van der Waals surface area contributed by atoms with Crippen molar-refractivity contribution >= 4 is 58.2 Å². The molecule has 0 spiro atoms. The van der Waals surface area contributed by atoms with Gasteiger partial charge in [-0.3, -0.25) is 9.59 Å². The van der Waals surface area contributed by atoms with Crippen LogP contribution in [0.3, 0.4) is 0 Å². The summed E-state index contributed by atoms with van der Waals surface area (Å²) in [5.41, 5.74) is 1.49. The van der Waals surface area contributed by atoms with Crippen LogP contribution in [-0.4, -0.2) is 71.7 Å². The van der Waals surface area contributed by atoms with E-state index in [1.807, 2.05) is 113 Å². The van der Waals surface area contributed by atoms with E-state index in [2.05, 4.69) is 39.2 Å². The molecule has 0 amide bonds. The van der Waals surface area contributed by atoms with Crippen molar-refractivity contribution in [3.63, 3.8) is 0 Å². The summed E-state index contributed by atoms with van der Waals surface area (Å²) in [7, 11) is 1.64. The van der Waals surface area contributed by atoms with Crippen molar-refractivity contribution in [2.45, 2.75) is 62.3 Å². The molecule has 0 aromatic carbocycles. The van der Waals surface area contributed by atoms with Gasteiger partial charge in [0.05, 0.1) is 52.1 Å². The van der Waals surface area contributed by atoms with Crippen LogP contribution in [0.15, 0.2) is 131 Å². The van der Waals surface area contributed by atoms with Crippen molar-refractivity contribution in [3.05, 3.63) is 134 Å². The number of hydrogen-bond acceptors (Lipinski definition) is 10. The van der Waals surface area contributed by atoms with Crippen LogP contribution in [0.1, 0.15) is 73.8 Å². The second-order valence-corrected chi connectivity index (χ2v) is 12.8. The average molecular weight is 789 g/mol. The van der Waals surface area contributed by atoms with Crippen molar-refractivity contribution in [2.75, 3.05) is 50.3 Å². The lowest BCUT2D eigenvalue weighted by Crippen LogP contribution is -2.23. The predicted molar refractivity (Wildman–Crippen MR) is 241 cm³/mol. The van der Waals surface area contributed by atoms with E-state index < -0.39 is 0 Å². The molecule has 2 aromatic rings. The van der Waals surface area contributed by atoms with Crippen LogP contribution in [0.4, 0.5) is 0 Å². The molecule has 0 aliphatic carbocycles. The Morgan fingerprint density at radius 1 is 0.736 bits per heavy atom. The third-order valence-electron chi connectivity index (χ3n) is 5.61. The Morgan fingerprint density at radius 3 is 1.40 bits per heavy atom. The zero-order valence-corrected chi connectivity index (χ0v) is 36.9. The molecule has 0 atom stereocenters. The van der Waals surface area contributed by atoms with Gasteiger partial charge < -0.3 is 23.4 Å². The summed E-state index contributed by atoms with van der Waals surface area (Å²) in [4.78, 5) is 26.0. The number of ketones is 2. The zero-order chi connectivity index (χ0) is 41.5. The van der Waals surface area contributed by atoms with Gasteiger partial charge in [-0.15, -0.1) is 23.5 Å². The normalized spacial score (nSPS) is 9.72. The van der Waals surface area contributed by atoms with Crippen molar-refractivity contribution in [3.8, 4) is 0 Å². The highest BCUT2D eigenvalue weighted by Crippen LogP contribution is 2.29. The molecule has 0 saturated heterocycles. The maximum atomic E-state index is 11.1. The van der Waals surface area contributed by atoms with Gasteiger partial charge in [0, 0.05) is 26.0 Å². The molecule has 0 saturated carbocycles. The van der Waals surface area contributed by atoms with E-state index in [0.29, 0.717) is 36.1 Å². The lowest BCUT2D eigenvalue weighted by atomic mass is 10.3. The van der Waals surface area contributed by atoms with E-state index in [9.17, 15) is 9.59 Å². The minimum atomic E-state index is 0.112. The number of carbonyl (C=O) groups excluding carboxylic acids is 2. The first-order chi connectivity index (χ1) is 25.4. The molecule has 0 bridgehead atoms. The van der Waals surface area contributed by atoms with Crippen LogP contribution < -0.4 is 0 Å². The molecule has 298 valence electrons. The zero-order valence-electron chi connectivity index (χ0n) is 34.4. The summed E-state index contributed by atoms with van der Waals surface area (Å²) >= 11 is 4.59. The largest absolute Gasteiger partial charge is 0.463 e. The van der Waals surface area contributed by atoms with Crippen LogP contribution in [0.2, 0.25) is 0 Å². The molecule has 0 unspecified atom stereocenters. The number of carbonyl (C=O) groups is 2. The Morgan fingerprint density at radius 2 is 1.13 bits per heavy atom. The lowest BCUT2D eigenvalue weighted by molar-refractivity contribution is -0.115. The topological polar surface area (TPSA) is 76.1 Å². The van der Waals surface area contributed by atoms with Gasteiger partial charge in [0.15, 0.2) is 0 Å². The molecule has 2 rings (SSSR count). The lowest BCUT2D eigenvalue weighted by Gasteiger charge is -2.26. The van der Waals surface area contributed by atoms with E-state index >= 15 is 0 Å². The number of furan rings is 2. The summed E-state index contributed by atoms with van der Waals surface area (Å²) in [6.45, 7) is 38.6. The van der Waals surface area contributed by atoms with Crippen LogP contribution in [-0.2, 0) is 14.3 Å². The van der Waals surface area contributed by atoms with Crippen LogP contribution in [0.5, 0.6) is 0 Å². The Bertz CT molecular complexity index is 1230. The molecule has 0 fully saturated rings. The van der Waals surface area contributed by atoms with Crippen molar-refractivity contribution in [1.82, 2.24) is 9.80 Å². The SMILES string of the molecule is C/C=C\C=C\C.C=C(SCC(C)=O)N(CCOC)C(=C)c1ccco1.C=C(SCC(C)=O)N(CCSC)C(=C)c1ccco1.C=C/C=C/C.CC.CC. The average Bonchev–Trinajstić information content (AvgIpc) is 3.91. The van der Waals surface area contributed by atoms with Gasteiger partial charge in [-0.1, -0.05) is 103 Å². The fraction of sp³-hybridized carbons (Fsp3) is 0.395. The predicted octanol–water partition coefficient (Wildman–Crippen LogP) is 12.6. The first kappa shape index (κ1) is 56.2. The van der Waals surface area contributed by atoms with E-state index in [4.69, 9.17) is 13.6 Å². The molecule has 53 heavy (non-hydrogen) atoms. The minimum Gasteiger partial charge on any atom is -0.463 e. The van der Waals surface area contributed by atoms with E-state index in [-0.39, 0.29) is 11.6 Å². The summed E-state index contributed by atoms with van der Waals surface area (Å²) in [6.07, 6.45) is 18.9. The van der Waals surface area contributed by atoms with Crippen LogP contribution in [0, 0.1) is 0 Å². The molecule has 0 radical (unpaired) electrons. The highest BCUT2D eigenvalue weighted by Gasteiger charge is 2.17. The van der Waals surface area contributed by atoms with E-state index in [1.165, 1.54) is 23.5 Å². The molecule has 10 heteroatoms. The first-order valence-corrected chi connectivity index (χ1v) is 20.9. The second-order valence-electron chi connectivity index (χ2n) is 9.72. The van der Waals surface area contributed by atoms with Gasteiger partial charge in [-0.25, -0.2) is 0 Å². The van der Waals surface area contributed by atoms with Gasteiger partial charge in [0.2, 0.25) is 0 Å². The van der Waals surface area contributed by atoms with Gasteiger partial charge in [-0.2, -0.15) is 11.8 Å². The van der Waals surface area contributed by atoms with E-state index in [0.717, 1.165) is 33.8 Å². The maximum Gasteiger partial charge on any atom is 0.149 e. The number of methoxy groups -OCH3 is 1. The molecule has 0 N–H and O–H groups in total. The highest BCUT2D eigenvalue weighted by molar-refractivity contribution is 8.03. The standard InChI is InChI=1S/C14H19NO3S.C14H19NO2S2.C6H10.C5H8.2C2H6/c1-11(16)10-19-13(3)15(7-9-17-4)12(2)14-6-5-8-18-14;1-11(16)10-19-13(3)15(7-9-18-4)12(2)14-6-5-8-17-14;1-3-5-6-4-2;1-3-5-4-2;2*1-2/h2*5-6,8H,2-3,7,9-10H2,1,4H3;3-6H,1-2H3;3-5H,1H2,2H3;2*1-2H3/b;;5-3-,6-4+;5-4+;;. The summed E-state index contributed by atoms with van der Waals surface area (Å²) in [5, 5.41) is 1.58. The molecule has 0 aliphatic rings. The van der Waals surface area contributed by atoms with Crippen molar-refractivity contribution in [1.29, 1.82) is 0 Å². The quantitative estimate of drug-likeness (QED) is 0.121. The summed E-state index contributed by atoms with van der Waals surface area (Å²) < 4.78 is 15.8.